The zero-order valence-corrected chi connectivity index (χ0v) is 22.5. The van der Waals surface area contributed by atoms with Crippen LogP contribution in [0.15, 0.2) is 11.6 Å². The Morgan fingerprint density at radius 1 is 0.912 bits per heavy atom. The Balaban J connectivity index is 1.62. The number of carboxylic acid groups (broad SMARTS) is 1. The second kappa shape index (κ2) is 6.99. The third-order valence-electron chi connectivity index (χ3n) is 13.1. The Morgan fingerprint density at radius 3 is 2.21 bits per heavy atom. The number of carbonyl (C=O) groups excluding carboxylic acids is 1. The molecule has 0 spiro atoms. The third-order valence-corrected chi connectivity index (χ3v) is 13.1. The summed E-state index contributed by atoms with van der Waals surface area (Å²) in [7, 11) is 0. The minimum Gasteiger partial charge on any atom is -0.481 e. The van der Waals surface area contributed by atoms with Crippen molar-refractivity contribution in [2.24, 2.45) is 50.2 Å². The molecule has 4 heteroatoms. The Labute approximate surface area is 206 Å². The van der Waals surface area contributed by atoms with Crippen molar-refractivity contribution in [2.45, 2.75) is 112 Å². The van der Waals surface area contributed by atoms with Crippen molar-refractivity contribution in [3.05, 3.63) is 11.6 Å². The van der Waals surface area contributed by atoms with E-state index in [9.17, 15) is 19.8 Å². The Morgan fingerprint density at radius 2 is 1.56 bits per heavy atom. The first-order valence-corrected chi connectivity index (χ1v) is 13.7. The van der Waals surface area contributed by atoms with Gasteiger partial charge in [0.1, 0.15) is 0 Å². The van der Waals surface area contributed by atoms with Gasteiger partial charge in [0.05, 0.1) is 11.5 Å². The second-order valence-corrected chi connectivity index (χ2v) is 14.9. The molecule has 4 fully saturated rings. The average Bonchev–Trinajstić information content (AvgIpc) is 2.73. The summed E-state index contributed by atoms with van der Waals surface area (Å²) in [6.45, 7) is 15.8. The molecule has 0 aliphatic heterocycles. The fourth-order valence-electron chi connectivity index (χ4n) is 10.4. The van der Waals surface area contributed by atoms with E-state index in [0.717, 1.165) is 51.4 Å². The molecule has 4 saturated carbocycles. The normalized spacial score (nSPS) is 54.1. The number of hydrogen-bond donors (Lipinski definition) is 2. The van der Waals surface area contributed by atoms with Gasteiger partial charge in [0.15, 0.2) is 5.78 Å². The lowest BCUT2D eigenvalue weighted by Gasteiger charge is -2.70. The van der Waals surface area contributed by atoms with Crippen molar-refractivity contribution < 1.29 is 19.8 Å². The van der Waals surface area contributed by atoms with E-state index in [1.165, 1.54) is 5.57 Å². The van der Waals surface area contributed by atoms with Crippen LogP contribution in [0.3, 0.4) is 0 Å². The van der Waals surface area contributed by atoms with Crippen molar-refractivity contribution in [1.82, 2.24) is 0 Å². The Kier molecular flexibility index (Phi) is 5.04. The Hall–Kier alpha value is -1.16. The minimum atomic E-state index is -0.711. The van der Waals surface area contributed by atoms with Gasteiger partial charge >= 0.3 is 5.97 Å². The molecule has 34 heavy (non-hydrogen) atoms. The first-order chi connectivity index (χ1) is 15.6. The quantitative estimate of drug-likeness (QED) is 0.464. The molecule has 0 radical (unpaired) electrons. The highest BCUT2D eigenvalue weighted by atomic mass is 16.4. The van der Waals surface area contributed by atoms with Crippen LogP contribution in [-0.4, -0.2) is 28.1 Å². The van der Waals surface area contributed by atoms with Gasteiger partial charge in [-0.1, -0.05) is 47.1 Å². The molecule has 0 saturated heterocycles. The van der Waals surface area contributed by atoms with Crippen LogP contribution in [-0.2, 0) is 9.59 Å². The van der Waals surface area contributed by atoms with Crippen molar-refractivity contribution >= 4 is 11.8 Å². The number of allylic oxidation sites excluding steroid dienone is 2. The summed E-state index contributed by atoms with van der Waals surface area (Å²) < 4.78 is 0. The van der Waals surface area contributed by atoms with Gasteiger partial charge in [-0.15, -0.1) is 0 Å². The highest BCUT2D eigenvalue weighted by Gasteiger charge is 2.70. The number of aliphatic carboxylic acids is 1. The largest absolute Gasteiger partial charge is 0.481 e. The smallest absolute Gasteiger partial charge is 0.309 e. The fraction of sp³-hybridized carbons (Fsp3) is 0.867. The monoisotopic (exact) mass is 470 g/mol. The number of ketones is 1. The predicted octanol–water partition coefficient (Wildman–Crippen LogP) is 6.41. The van der Waals surface area contributed by atoms with Crippen LogP contribution < -0.4 is 0 Å². The molecule has 0 bridgehead atoms. The molecular formula is C30H46O4. The van der Waals surface area contributed by atoms with Crippen LogP contribution in [0.1, 0.15) is 106 Å². The number of aliphatic hydroxyl groups is 1. The summed E-state index contributed by atoms with van der Waals surface area (Å²) >= 11 is 0. The van der Waals surface area contributed by atoms with E-state index < -0.39 is 11.4 Å². The highest BCUT2D eigenvalue weighted by Crippen LogP contribution is 2.75. The number of rotatable bonds is 1. The summed E-state index contributed by atoms with van der Waals surface area (Å²) in [6.07, 6.45) is 9.95. The molecule has 0 amide bonds. The van der Waals surface area contributed by atoms with Gasteiger partial charge in [0.2, 0.25) is 0 Å². The molecule has 0 aromatic carbocycles. The molecule has 5 rings (SSSR count). The first-order valence-electron chi connectivity index (χ1n) is 13.7. The van der Waals surface area contributed by atoms with E-state index in [0.29, 0.717) is 12.3 Å². The molecule has 9 atom stereocenters. The standard InChI is InChI=1S/C30H46O4/c1-25(2)21-8-11-30(7)23(28(21,5)10-9-22(25)32)20(31)16-18-19-17-27(4,24(33)34)13-12-26(19,3)14-15-29(18,30)6/h16,19,21-23,32H,8-15,17H2,1-7H3,(H,33,34)/t19-,21?,22-,23+,26+,27+,28-,29+,30+/m0/s1. The van der Waals surface area contributed by atoms with E-state index in [2.05, 4.69) is 41.5 Å². The Bertz CT molecular complexity index is 965. The molecule has 4 nitrogen and oxygen atoms in total. The third kappa shape index (κ3) is 2.81. The maximum atomic E-state index is 14.2. The predicted molar refractivity (Wildman–Crippen MR) is 133 cm³/mol. The molecular weight excluding hydrogens is 424 g/mol. The summed E-state index contributed by atoms with van der Waals surface area (Å²) in [4.78, 5) is 26.4. The lowest BCUT2D eigenvalue weighted by Crippen LogP contribution is -2.66. The highest BCUT2D eigenvalue weighted by molar-refractivity contribution is 5.95. The van der Waals surface area contributed by atoms with Crippen LogP contribution >= 0.6 is 0 Å². The lowest BCUT2D eigenvalue weighted by atomic mass is 9.33. The molecule has 190 valence electrons. The van der Waals surface area contributed by atoms with Crippen LogP contribution in [0.4, 0.5) is 0 Å². The van der Waals surface area contributed by atoms with Crippen LogP contribution in [0.25, 0.3) is 0 Å². The molecule has 0 heterocycles. The van der Waals surface area contributed by atoms with Crippen LogP contribution in [0.2, 0.25) is 0 Å². The average molecular weight is 471 g/mol. The fourth-order valence-corrected chi connectivity index (χ4v) is 10.4. The van der Waals surface area contributed by atoms with E-state index in [4.69, 9.17) is 0 Å². The summed E-state index contributed by atoms with van der Waals surface area (Å²) in [5.74, 6) is 0.0603. The zero-order valence-electron chi connectivity index (χ0n) is 22.5. The minimum absolute atomic E-state index is 0.0296. The van der Waals surface area contributed by atoms with E-state index in [-0.39, 0.29) is 50.8 Å². The van der Waals surface area contributed by atoms with Gasteiger partial charge in [-0.25, -0.2) is 0 Å². The number of fused-ring (bicyclic) bond motifs is 7. The molecule has 0 aromatic heterocycles. The molecule has 0 aromatic rings. The molecule has 2 N–H and O–H groups in total. The van der Waals surface area contributed by atoms with Gasteiger partial charge < -0.3 is 10.2 Å². The SMILES string of the molecule is CC1(C)C2CC[C@]3(C)[C@H](C(=O)C=C4[C@@H]5C[C@](C)(C(=O)O)CC[C@]5(C)CC[C@]43C)[C@@]2(C)CC[C@@H]1O. The summed E-state index contributed by atoms with van der Waals surface area (Å²) in [5, 5.41) is 20.9. The van der Waals surface area contributed by atoms with Crippen LogP contribution in [0, 0.1) is 50.2 Å². The summed E-state index contributed by atoms with van der Waals surface area (Å²) in [6, 6.07) is 0. The number of hydrogen-bond acceptors (Lipinski definition) is 3. The summed E-state index contributed by atoms with van der Waals surface area (Å²) in [5.41, 5.74) is 0.142. The van der Waals surface area contributed by atoms with Gasteiger partial charge in [0, 0.05) is 5.92 Å². The van der Waals surface area contributed by atoms with E-state index in [1.807, 2.05) is 13.0 Å². The van der Waals surface area contributed by atoms with Gasteiger partial charge in [-0.3, -0.25) is 9.59 Å². The number of aliphatic hydroxyl groups excluding tert-OH is 1. The van der Waals surface area contributed by atoms with Crippen LogP contribution in [0.5, 0.6) is 0 Å². The molecule has 1 unspecified atom stereocenters. The van der Waals surface area contributed by atoms with Crippen molar-refractivity contribution in [2.75, 3.05) is 0 Å². The second-order valence-electron chi connectivity index (χ2n) is 14.9. The maximum Gasteiger partial charge on any atom is 0.309 e. The van der Waals surface area contributed by atoms with Crippen molar-refractivity contribution in [1.29, 1.82) is 0 Å². The van der Waals surface area contributed by atoms with Crippen molar-refractivity contribution in [3.63, 3.8) is 0 Å². The number of carboxylic acids is 1. The zero-order chi connectivity index (χ0) is 25.1. The van der Waals surface area contributed by atoms with E-state index >= 15 is 0 Å². The number of carbonyl (C=O) groups is 2. The van der Waals surface area contributed by atoms with Gasteiger partial charge in [-0.2, -0.15) is 0 Å². The topological polar surface area (TPSA) is 74.6 Å². The lowest BCUT2D eigenvalue weighted by molar-refractivity contribution is -0.202. The maximum absolute atomic E-state index is 14.2. The van der Waals surface area contributed by atoms with Gasteiger partial charge in [0.25, 0.3) is 0 Å². The van der Waals surface area contributed by atoms with E-state index in [1.54, 1.807) is 0 Å². The van der Waals surface area contributed by atoms with Crippen molar-refractivity contribution in [3.8, 4) is 0 Å². The first kappa shape index (κ1) is 24.5. The molecule has 5 aliphatic carbocycles. The van der Waals surface area contributed by atoms with Gasteiger partial charge in [-0.05, 0) is 110 Å². The molecule has 5 aliphatic rings.